The van der Waals surface area contributed by atoms with Crippen molar-refractivity contribution >= 4 is 22.3 Å². The molecular formula is C15H19N3O3. The summed E-state index contributed by atoms with van der Waals surface area (Å²) in [6.07, 6.45) is 3.66. The van der Waals surface area contributed by atoms with Gasteiger partial charge >= 0.3 is 0 Å². The highest BCUT2D eigenvalue weighted by Crippen LogP contribution is 2.32. The molecule has 0 radical (unpaired) electrons. The van der Waals surface area contributed by atoms with Gasteiger partial charge in [-0.15, -0.1) is 0 Å². The van der Waals surface area contributed by atoms with Gasteiger partial charge < -0.3 is 10.0 Å². The van der Waals surface area contributed by atoms with Gasteiger partial charge in [0.25, 0.3) is 5.69 Å². The van der Waals surface area contributed by atoms with Crippen LogP contribution in [0.15, 0.2) is 30.5 Å². The summed E-state index contributed by atoms with van der Waals surface area (Å²) in [6, 6.07) is 6.64. The minimum Gasteiger partial charge on any atom is -0.395 e. The lowest BCUT2D eigenvalue weighted by molar-refractivity contribution is -0.383. The quantitative estimate of drug-likeness (QED) is 0.626. The predicted octanol–water partition coefficient (Wildman–Crippen LogP) is 2.74. The van der Waals surface area contributed by atoms with Crippen molar-refractivity contribution in [3.8, 4) is 0 Å². The standard InChI is InChI=1S/C15H19N3O3/c1-2-3-9-17(10-11-19)14-7-6-13(18(20)21)12-5-4-8-16-15(12)14/h4-8,19H,2-3,9-11H2,1H3. The van der Waals surface area contributed by atoms with Crippen molar-refractivity contribution < 1.29 is 10.0 Å². The lowest BCUT2D eigenvalue weighted by Crippen LogP contribution is -2.28. The Kier molecular flexibility index (Phi) is 5.05. The third kappa shape index (κ3) is 3.28. The summed E-state index contributed by atoms with van der Waals surface area (Å²) >= 11 is 0. The number of anilines is 1. The number of fused-ring (bicyclic) bond motifs is 1. The van der Waals surface area contributed by atoms with Crippen molar-refractivity contribution in [2.24, 2.45) is 0 Å². The number of non-ortho nitro benzene ring substituents is 1. The molecule has 1 aromatic carbocycles. The van der Waals surface area contributed by atoms with Crippen LogP contribution in [0.2, 0.25) is 0 Å². The minimum atomic E-state index is -0.393. The van der Waals surface area contributed by atoms with Gasteiger partial charge in [0.2, 0.25) is 0 Å². The number of pyridine rings is 1. The highest BCUT2D eigenvalue weighted by Gasteiger charge is 2.17. The second-order valence-electron chi connectivity index (χ2n) is 4.82. The van der Waals surface area contributed by atoms with Crippen LogP contribution in [0.1, 0.15) is 19.8 Å². The monoisotopic (exact) mass is 289 g/mol. The molecule has 1 N–H and O–H groups in total. The first kappa shape index (κ1) is 15.2. The van der Waals surface area contributed by atoms with Crippen molar-refractivity contribution in [1.29, 1.82) is 0 Å². The first-order valence-electron chi connectivity index (χ1n) is 7.07. The van der Waals surface area contributed by atoms with Crippen LogP contribution in [0.5, 0.6) is 0 Å². The van der Waals surface area contributed by atoms with Crippen LogP contribution in [0.3, 0.4) is 0 Å². The molecule has 0 spiro atoms. The van der Waals surface area contributed by atoms with Crippen molar-refractivity contribution in [2.45, 2.75) is 19.8 Å². The number of nitro benzene ring substituents is 1. The van der Waals surface area contributed by atoms with E-state index in [1.54, 1.807) is 24.4 Å². The summed E-state index contributed by atoms with van der Waals surface area (Å²) in [5.74, 6) is 0. The molecular weight excluding hydrogens is 270 g/mol. The number of hydrogen-bond acceptors (Lipinski definition) is 5. The van der Waals surface area contributed by atoms with E-state index in [0.29, 0.717) is 17.4 Å². The van der Waals surface area contributed by atoms with E-state index in [4.69, 9.17) is 0 Å². The molecule has 0 bridgehead atoms. The molecule has 1 heterocycles. The molecule has 0 fully saturated rings. The van der Waals surface area contributed by atoms with E-state index in [9.17, 15) is 15.2 Å². The third-order valence-electron chi connectivity index (χ3n) is 3.41. The second-order valence-corrected chi connectivity index (χ2v) is 4.82. The zero-order valence-corrected chi connectivity index (χ0v) is 12.0. The Bertz CT molecular complexity index is 631. The summed E-state index contributed by atoms with van der Waals surface area (Å²) in [4.78, 5) is 17.1. The molecule has 0 atom stereocenters. The predicted molar refractivity (Wildman–Crippen MR) is 82.6 cm³/mol. The SMILES string of the molecule is CCCCN(CCO)c1ccc([N+](=O)[O-])c2cccnc12. The molecule has 2 rings (SSSR count). The van der Waals surface area contributed by atoms with E-state index in [1.165, 1.54) is 6.07 Å². The molecule has 21 heavy (non-hydrogen) atoms. The number of nitrogens with zero attached hydrogens (tertiary/aromatic N) is 3. The Hall–Kier alpha value is -2.21. The van der Waals surface area contributed by atoms with Gasteiger partial charge in [-0.25, -0.2) is 0 Å². The number of aliphatic hydroxyl groups is 1. The van der Waals surface area contributed by atoms with Crippen LogP contribution in [-0.4, -0.2) is 34.7 Å². The fourth-order valence-corrected chi connectivity index (χ4v) is 2.38. The maximum Gasteiger partial charge on any atom is 0.278 e. The molecule has 6 nitrogen and oxygen atoms in total. The topological polar surface area (TPSA) is 79.5 Å². The Balaban J connectivity index is 2.52. The number of aliphatic hydroxyl groups excluding tert-OH is 1. The van der Waals surface area contributed by atoms with Crippen LogP contribution >= 0.6 is 0 Å². The third-order valence-corrected chi connectivity index (χ3v) is 3.41. The number of hydrogen-bond donors (Lipinski definition) is 1. The molecule has 0 aliphatic rings. The van der Waals surface area contributed by atoms with Crippen molar-refractivity contribution in [3.63, 3.8) is 0 Å². The molecule has 112 valence electrons. The molecule has 0 saturated carbocycles. The summed E-state index contributed by atoms with van der Waals surface area (Å²) in [5, 5.41) is 20.9. The average molecular weight is 289 g/mol. The van der Waals surface area contributed by atoms with Crippen molar-refractivity contribution in [1.82, 2.24) is 4.98 Å². The molecule has 0 unspecified atom stereocenters. The van der Waals surface area contributed by atoms with Gasteiger partial charge in [-0.2, -0.15) is 0 Å². The van der Waals surface area contributed by atoms with E-state index >= 15 is 0 Å². The molecule has 0 saturated heterocycles. The molecule has 6 heteroatoms. The molecule has 0 amide bonds. The maximum atomic E-state index is 11.1. The minimum absolute atomic E-state index is 0.0367. The Labute approximate surface area is 123 Å². The van der Waals surface area contributed by atoms with Gasteiger partial charge in [0.05, 0.1) is 22.6 Å². The average Bonchev–Trinajstić information content (AvgIpc) is 2.50. The van der Waals surface area contributed by atoms with Gasteiger partial charge in [-0.05, 0) is 24.6 Å². The van der Waals surface area contributed by atoms with E-state index in [1.807, 2.05) is 4.90 Å². The first-order chi connectivity index (χ1) is 10.2. The van der Waals surface area contributed by atoms with Gasteiger partial charge in [0, 0.05) is 25.4 Å². The highest BCUT2D eigenvalue weighted by molar-refractivity contribution is 5.97. The van der Waals surface area contributed by atoms with E-state index in [2.05, 4.69) is 11.9 Å². The lowest BCUT2D eigenvalue weighted by Gasteiger charge is -2.24. The zero-order valence-electron chi connectivity index (χ0n) is 12.0. The summed E-state index contributed by atoms with van der Waals surface area (Å²) < 4.78 is 0. The molecule has 0 aliphatic carbocycles. The summed E-state index contributed by atoms with van der Waals surface area (Å²) in [6.45, 7) is 3.42. The van der Waals surface area contributed by atoms with Crippen LogP contribution < -0.4 is 4.90 Å². The number of rotatable bonds is 7. The summed E-state index contributed by atoms with van der Waals surface area (Å²) in [7, 11) is 0. The largest absolute Gasteiger partial charge is 0.395 e. The van der Waals surface area contributed by atoms with E-state index in [-0.39, 0.29) is 12.3 Å². The van der Waals surface area contributed by atoms with Crippen LogP contribution in [0.25, 0.3) is 10.9 Å². The second kappa shape index (κ2) is 6.99. The fraction of sp³-hybridized carbons (Fsp3) is 0.400. The van der Waals surface area contributed by atoms with Gasteiger partial charge in [0.1, 0.15) is 5.52 Å². The first-order valence-corrected chi connectivity index (χ1v) is 7.07. The van der Waals surface area contributed by atoms with E-state index in [0.717, 1.165) is 25.1 Å². The number of aromatic nitrogens is 1. The van der Waals surface area contributed by atoms with Crippen LogP contribution in [-0.2, 0) is 0 Å². The van der Waals surface area contributed by atoms with Crippen molar-refractivity contribution in [2.75, 3.05) is 24.6 Å². The fourth-order valence-electron chi connectivity index (χ4n) is 2.38. The number of nitro groups is 1. The van der Waals surface area contributed by atoms with Crippen LogP contribution in [0.4, 0.5) is 11.4 Å². The van der Waals surface area contributed by atoms with E-state index < -0.39 is 4.92 Å². The lowest BCUT2D eigenvalue weighted by atomic mass is 10.1. The smallest absolute Gasteiger partial charge is 0.278 e. The van der Waals surface area contributed by atoms with Gasteiger partial charge in [-0.1, -0.05) is 13.3 Å². The van der Waals surface area contributed by atoms with Crippen molar-refractivity contribution in [3.05, 3.63) is 40.6 Å². The maximum absolute atomic E-state index is 11.1. The summed E-state index contributed by atoms with van der Waals surface area (Å²) in [5.41, 5.74) is 1.50. The Morgan fingerprint density at radius 3 is 2.81 bits per heavy atom. The normalized spacial score (nSPS) is 10.8. The number of unbranched alkanes of at least 4 members (excludes halogenated alkanes) is 1. The Morgan fingerprint density at radius 2 is 2.14 bits per heavy atom. The Morgan fingerprint density at radius 1 is 1.33 bits per heavy atom. The molecule has 2 aromatic rings. The highest BCUT2D eigenvalue weighted by atomic mass is 16.6. The number of benzene rings is 1. The van der Waals surface area contributed by atoms with Gasteiger partial charge in [-0.3, -0.25) is 15.1 Å². The van der Waals surface area contributed by atoms with Gasteiger partial charge in [0.15, 0.2) is 0 Å². The van der Waals surface area contributed by atoms with Crippen LogP contribution in [0, 0.1) is 10.1 Å². The zero-order chi connectivity index (χ0) is 15.2. The molecule has 0 aliphatic heterocycles. The molecule has 1 aromatic heterocycles.